The number of benzene rings is 2. The SMILES string of the molecule is CN1C(=O)C(C(C(=O)c2ccccc2)c2ccccc2)C(=O)N(C)C1=O. The number of Topliss-reactive ketones (excluding diaryl/α,β-unsaturated/α-hetero) is 1. The van der Waals surface area contributed by atoms with Gasteiger partial charge in [0.1, 0.15) is 5.92 Å². The van der Waals surface area contributed by atoms with E-state index in [0.29, 0.717) is 11.1 Å². The molecule has 1 heterocycles. The summed E-state index contributed by atoms with van der Waals surface area (Å²) in [4.78, 5) is 52.5. The van der Waals surface area contributed by atoms with E-state index in [-0.39, 0.29) is 5.78 Å². The summed E-state index contributed by atoms with van der Waals surface area (Å²) < 4.78 is 0. The predicted octanol–water partition coefficient (Wildman–Crippen LogP) is 2.32. The normalized spacial score (nSPS) is 16.8. The molecule has 132 valence electrons. The molecule has 2 aromatic carbocycles. The van der Waals surface area contributed by atoms with Crippen molar-refractivity contribution >= 4 is 23.6 Å². The molecule has 0 aromatic heterocycles. The first-order valence-corrected chi connectivity index (χ1v) is 8.16. The van der Waals surface area contributed by atoms with Gasteiger partial charge in [-0.1, -0.05) is 60.7 Å². The molecule has 6 heteroatoms. The maximum absolute atomic E-state index is 13.2. The van der Waals surface area contributed by atoms with Gasteiger partial charge in [-0.3, -0.25) is 24.2 Å². The highest BCUT2D eigenvalue weighted by atomic mass is 16.2. The maximum atomic E-state index is 13.2. The van der Waals surface area contributed by atoms with Crippen molar-refractivity contribution in [1.82, 2.24) is 9.80 Å². The Kier molecular flexibility index (Phi) is 4.67. The lowest BCUT2D eigenvalue weighted by Crippen LogP contribution is -2.58. The van der Waals surface area contributed by atoms with E-state index in [1.54, 1.807) is 60.7 Å². The smallest absolute Gasteiger partial charge is 0.293 e. The van der Waals surface area contributed by atoms with Gasteiger partial charge < -0.3 is 0 Å². The number of urea groups is 1. The number of imide groups is 2. The van der Waals surface area contributed by atoms with Gasteiger partial charge in [0.15, 0.2) is 5.78 Å². The summed E-state index contributed by atoms with van der Waals surface area (Å²) in [6.07, 6.45) is 0. The Morgan fingerprint density at radius 3 is 1.77 bits per heavy atom. The van der Waals surface area contributed by atoms with Crippen molar-refractivity contribution in [2.75, 3.05) is 14.1 Å². The molecule has 1 aliphatic rings. The molecule has 4 amide bonds. The molecule has 1 fully saturated rings. The van der Waals surface area contributed by atoms with Crippen molar-refractivity contribution < 1.29 is 19.2 Å². The summed E-state index contributed by atoms with van der Waals surface area (Å²) in [7, 11) is 2.63. The van der Waals surface area contributed by atoms with Gasteiger partial charge >= 0.3 is 6.03 Å². The van der Waals surface area contributed by atoms with E-state index in [2.05, 4.69) is 0 Å². The first kappa shape index (κ1) is 17.5. The first-order valence-electron chi connectivity index (χ1n) is 8.16. The van der Waals surface area contributed by atoms with Crippen LogP contribution in [0.5, 0.6) is 0 Å². The van der Waals surface area contributed by atoms with Crippen LogP contribution in [0.2, 0.25) is 0 Å². The van der Waals surface area contributed by atoms with Crippen molar-refractivity contribution in [2.24, 2.45) is 5.92 Å². The van der Waals surface area contributed by atoms with Gasteiger partial charge in [-0.05, 0) is 5.56 Å². The summed E-state index contributed by atoms with van der Waals surface area (Å²) in [5, 5.41) is 0. The van der Waals surface area contributed by atoms with Crippen molar-refractivity contribution in [3.8, 4) is 0 Å². The lowest BCUT2D eigenvalue weighted by atomic mass is 9.78. The van der Waals surface area contributed by atoms with E-state index < -0.39 is 29.7 Å². The van der Waals surface area contributed by atoms with Crippen LogP contribution >= 0.6 is 0 Å². The number of amides is 4. The quantitative estimate of drug-likeness (QED) is 0.626. The number of barbiturate groups is 1. The molecule has 1 atom stereocenters. The lowest BCUT2D eigenvalue weighted by Gasteiger charge is -2.36. The third kappa shape index (κ3) is 2.90. The molecule has 0 spiro atoms. The monoisotopic (exact) mass is 350 g/mol. The van der Waals surface area contributed by atoms with Crippen LogP contribution < -0.4 is 0 Å². The van der Waals surface area contributed by atoms with E-state index in [4.69, 9.17) is 0 Å². The Morgan fingerprint density at radius 2 is 1.27 bits per heavy atom. The van der Waals surface area contributed by atoms with Crippen molar-refractivity contribution in [1.29, 1.82) is 0 Å². The summed E-state index contributed by atoms with van der Waals surface area (Å²) in [5.74, 6) is -3.96. The maximum Gasteiger partial charge on any atom is 0.332 e. The Bertz CT molecular complexity index is 840. The number of carbonyl (C=O) groups excluding carboxylic acids is 4. The molecular weight excluding hydrogens is 332 g/mol. The van der Waals surface area contributed by atoms with Crippen molar-refractivity contribution in [3.05, 3.63) is 71.8 Å². The third-order valence-electron chi connectivity index (χ3n) is 4.60. The topological polar surface area (TPSA) is 74.8 Å². The Labute approximate surface area is 151 Å². The van der Waals surface area contributed by atoms with Gasteiger partial charge in [-0.2, -0.15) is 0 Å². The van der Waals surface area contributed by atoms with Gasteiger partial charge in [-0.15, -0.1) is 0 Å². The highest BCUT2D eigenvalue weighted by Crippen LogP contribution is 2.33. The number of rotatable bonds is 4. The Hall–Kier alpha value is -3.28. The van der Waals surface area contributed by atoms with E-state index in [0.717, 1.165) is 9.80 Å². The molecule has 0 saturated carbocycles. The van der Waals surface area contributed by atoms with Gasteiger partial charge in [0.05, 0.1) is 5.92 Å². The van der Waals surface area contributed by atoms with Crippen LogP contribution in [0.4, 0.5) is 4.79 Å². The molecule has 1 saturated heterocycles. The molecular formula is C20H18N2O4. The molecule has 0 radical (unpaired) electrons. The molecule has 0 N–H and O–H groups in total. The Morgan fingerprint density at radius 1 is 0.808 bits per heavy atom. The zero-order valence-electron chi connectivity index (χ0n) is 14.5. The van der Waals surface area contributed by atoms with Crippen molar-refractivity contribution in [2.45, 2.75) is 5.92 Å². The lowest BCUT2D eigenvalue weighted by molar-refractivity contribution is -0.148. The molecule has 6 nitrogen and oxygen atoms in total. The summed E-state index contributed by atoms with van der Waals surface area (Å²) in [6.45, 7) is 0. The summed E-state index contributed by atoms with van der Waals surface area (Å²) in [5.41, 5.74) is 0.966. The fourth-order valence-corrected chi connectivity index (χ4v) is 3.16. The second kappa shape index (κ2) is 6.92. The van der Waals surface area contributed by atoms with Gasteiger partial charge in [0, 0.05) is 19.7 Å². The largest absolute Gasteiger partial charge is 0.332 e. The average molecular weight is 350 g/mol. The molecule has 2 aromatic rings. The van der Waals surface area contributed by atoms with Crippen LogP contribution in [0.25, 0.3) is 0 Å². The molecule has 1 aliphatic heterocycles. The predicted molar refractivity (Wildman–Crippen MR) is 94.4 cm³/mol. The highest BCUT2D eigenvalue weighted by molar-refractivity contribution is 6.19. The van der Waals surface area contributed by atoms with Crippen molar-refractivity contribution in [3.63, 3.8) is 0 Å². The molecule has 1 unspecified atom stereocenters. The second-order valence-electron chi connectivity index (χ2n) is 6.17. The minimum absolute atomic E-state index is 0.334. The number of carbonyl (C=O) groups is 4. The number of hydrogen-bond donors (Lipinski definition) is 0. The van der Waals surface area contributed by atoms with Crippen LogP contribution in [-0.4, -0.2) is 47.5 Å². The molecule has 0 bridgehead atoms. The summed E-state index contributed by atoms with van der Waals surface area (Å²) in [6, 6.07) is 16.5. The molecule has 26 heavy (non-hydrogen) atoms. The second-order valence-corrected chi connectivity index (χ2v) is 6.17. The van der Waals surface area contributed by atoms with Crippen LogP contribution in [-0.2, 0) is 9.59 Å². The van der Waals surface area contributed by atoms with E-state index in [1.807, 2.05) is 0 Å². The van der Waals surface area contributed by atoms with Gasteiger partial charge in [0.2, 0.25) is 11.8 Å². The van der Waals surface area contributed by atoms with E-state index >= 15 is 0 Å². The van der Waals surface area contributed by atoms with Crippen LogP contribution in [0.15, 0.2) is 60.7 Å². The fourth-order valence-electron chi connectivity index (χ4n) is 3.16. The summed E-state index contributed by atoms with van der Waals surface area (Å²) >= 11 is 0. The third-order valence-corrected chi connectivity index (χ3v) is 4.60. The minimum atomic E-state index is -1.28. The first-order chi connectivity index (χ1) is 12.4. The minimum Gasteiger partial charge on any atom is -0.293 e. The van der Waals surface area contributed by atoms with Crippen LogP contribution in [0.1, 0.15) is 21.8 Å². The highest BCUT2D eigenvalue weighted by Gasteiger charge is 2.49. The molecule has 3 rings (SSSR count). The zero-order chi connectivity index (χ0) is 18.8. The van der Waals surface area contributed by atoms with Crippen LogP contribution in [0.3, 0.4) is 0 Å². The average Bonchev–Trinajstić information content (AvgIpc) is 2.69. The fraction of sp³-hybridized carbons (Fsp3) is 0.200. The van der Waals surface area contributed by atoms with Gasteiger partial charge in [0.25, 0.3) is 0 Å². The molecule has 0 aliphatic carbocycles. The standard InChI is InChI=1S/C20H18N2O4/c1-21-18(24)16(19(25)22(2)20(21)26)15(13-9-5-3-6-10-13)17(23)14-11-7-4-8-12-14/h3-12,15-16H,1-2H3. The zero-order valence-corrected chi connectivity index (χ0v) is 14.5. The number of hydrogen-bond acceptors (Lipinski definition) is 4. The number of nitrogens with zero attached hydrogens (tertiary/aromatic N) is 2. The van der Waals surface area contributed by atoms with Gasteiger partial charge in [-0.25, -0.2) is 4.79 Å². The number of ketones is 1. The van der Waals surface area contributed by atoms with E-state index in [1.165, 1.54) is 14.1 Å². The Balaban J connectivity index is 2.12. The van der Waals surface area contributed by atoms with Crippen LogP contribution in [0, 0.1) is 5.92 Å². The van der Waals surface area contributed by atoms with E-state index in [9.17, 15) is 19.2 Å².